The molecule has 2 nitrogen and oxygen atoms in total. The Balaban J connectivity index is 2.20. The van der Waals surface area contributed by atoms with Crippen molar-refractivity contribution in [3.05, 3.63) is 17.0 Å². The van der Waals surface area contributed by atoms with E-state index >= 15 is 0 Å². The number of thiophene rings is 1. The van der Waals surface area contributed by atoms with Crippen molar-refractivity contribution in [2.45, 2.75) is 13.8 Å². The van der Waals surface area contributed by atoms with Crippen LogP contribution in [-0.4, -0.2) is 19.4 Å². The van der Waals surface area contributed by atoms with Crippen LogP contribution in [-0.2, 0) is 0 Å². The summed E-state index contributed by atoms with van der Waals surface area (Å²) in [6, 6.07) is 2.13. The number of rotatable bonds is 2. The predicted octanol–water partition coefficient (Wildman–Crippen LogP) is 2.60. The van der Waals surface area contributed by atoms with Gasteiger partial charge in [-0.15, -0.1) is 11.3 Å². The standard InChI is InChI=1S/C10H14N2S/c1-8(2)6-12-7-11-5-9-3-4-13-10(9)12/h3-5,8H,6-7H2,1-2H3. The normalized spacial score (nSPS) is 15.2. The molecule has 3 heteroatoms. The van der Waals surface area contributed by atoms with Crippen LogP contribution in [0.25, 0.3) is 0 Å². The first kappa shape index (κ1) is 8.75. The fourth-order valence-electron chi connectivity index (χ4n) is 1.55. The SMILES string of the molecule is CC(C)CN1CN=Cc2ccsc21. The summed E-state index contributed by atoms with van der Waals surface area (Å²) in [5, 5.41) is 3.51. The van der Waals surface area contributed by atoms with E-state index in [4.69, 9.17) is 0 Å². The summed E-state index contributed by atoms with van der Waals surface area (Å²) in [5.41, 5.74) is 1.27. The maximum Gasteiger partial charge on any atom is 0.110 e. The lowest BCUT2D eigenvalue weighted by Gasteiger charge is -2.26. The molecule has 1 aromatic heterocycles. The molecule has 0 N–H and O–H groups in total. The first-order chi connectivity index (χ1) is 6.27. The Morgan fingerprint density at radius 2 is 2.46 bits per heavy atom. The van der Waals surface area contributed by atoms with E-state index < -0.39 is 0 Å². The van der Waals surface area contributed by atoms with Crippen molar-refractivity contribution in [2.24, 2.45) is 10.9 Å². The molecule has 1 aliphatic rings. The number of hydrogen-bond donors (Lipinski definition) is 0. The Labute approximate surface area is 82.9 Å². The molecule has 0 spiro atoms. The topological polar surface area (TPSA) is 15.6 Å². The molecule has 0 unspecified atom stereocenters. The lowest BCUT2D eigenvalue weighted by atomic mass is 10.2. The molecule has 0 saturated carbocycles. The van der Waals surface area contributed by atoms with Crippen LogP contribution in [0.4, 0.5) is 5.00 Å². The van der Waals surface area contributed by atoms with Gasteiger partial charge in [0.05, 0.1) is 0 Å². The molecule has 0 saturated heterocycles. The van der Waals surface area contributed by atoms with E-state index in [0.717, 1.165) is 13.2 Å². The van der Waals surface area contributed by atoms with E-state index in [0.29, 0.717) is 5.92 Å². The third-order valence-corrected chi connectivity index (χ3v) is 3.02. The maximum absolute atomic E-state index is 4.33. The van der Waals surface area contributed by atoms with E-state index in [2.05, 4.69) is 35.2 Å². The smallest absolute Gasteiger partial charge is 0.110 e. The number of nitrogens with zero attached hydrogens (tertiary/aromatic N) is 2. The highest BCUT2D eigenvalue weighted by atomic mass is 32.1. The first-order valence-corrected chi connectivity index (χ1v) is 5.47. The van der Waals surface area contributed by atoms with E-state index in [1.54, 1.807) is 0 Å². The van der Waals surface area contributed by atoms with Crippen LogP contribution >= 0.6 is 11.3 Å². The van der Waals surface area contributed by atoms with Crippen molar-refractivity contribution in [3.8, 4) is 0 Å². The molecule has 70 valence electrons. The Hall–Kier alpha value is -0.830. The summed E-state index contributed by atoms with van der Waals surface area (Å²) in [5.74, 6) is 0.697. The van der Waals surface area contributed by atoms with Crippen molar-refractivity contribution in [1.82, 2.24) is 0 Å². The minimum Gasteiger partial charge on any atom is -0.343 e. The highest BCUT2D eigenvalue weighted by Gasteiger charge is 2.15. The monoisotopic (exact) mass is 194 g/mol. The molecule has 0 bridgehead atoms. The van der Waals surface area contributed by atoms with Gasteiger partial charge in [0, 0.05) is 18.3 Å². The Bertz CT molecular complexity index is 314. The van der Waals surface area contributed by atoms with Gasteiger partial charge in [-0.3, -0.25) is 4.99 Å². The zero-order chi connectivity index (χ0) is 9.26. The molecular weight excluding hydrogens is 180 g/mol. The second-order valence-corrected chi connectivity index (χ2v) is 4.65. The van der Waals surface area contributed by atoms with Crippen LogP contribution in [0, 0.1) is 5.92 Å². The average Bonchev–Trinajstić information content (AvgIpc) is 2.51. The van der Waals surface area contributed by atoms with Gasteiger partial charge < -0.3 is 4.90 Å². The molecule has 0 radical (unpaired) electrons. The highest BCUT2D eigenvalue weighted by Crippen LogP contribution is 2.29. The van der Waals surface area contributed by atoms with Crippen molar-refractivity contribution >= 4 is 22.6 Å². The average molecular weight is 194 g/mol. The van der Waals surface area contributed by atoms with Gasteiger partial charge in [0.1, 0.15) is 11.7 Å². The van der Waals surface area contributed by atoms with E-state index in [1.165, 1.54) is 10.6 Å². The van der Waals surface area contributed by atoms with Gasteiger partial charge in [0.15, 0.2) is 0 Å². The van der Waals surface area contributed by atoms with Gasteiger partial charge in [0.25, 0.3) is 0 Å². The number of aliphatic imine (C=N–C) groups is 1. The maximum atomic E-state index is 4.33. The van der Waals surface area contributed by atoms with Crippen molar-refractivity contribution in [3.63, 3.8) is 0 Å². The first-order valence-electron chi connectivity index (χ1n) is 4.59. The molecule has 0 atom stereocenters. The van der Waals surface area contributed by atoms with Gasteiger partial charge in [-0.25, -0.2) is 0 Å². The molecule has 0 aromatic carbocycles. The fourth-order valence-corrected chi connectivity index (χ4v) is 2.43. The number of anilines is 1. The third-order valence-electron chi connectivity index (χ3n) is 2.03. The van der Waals surface area contributed by atoms with Crippen LogP contribution in [0.2, 0.25) is 0 Å². The van der Waals surface area contributed by atoms with Crippen LogP contribution in [0.15, 0.2) is 16.4 Å². The minimum absolute atomic E-state index is 0.697. The van der Waals surface area contributed by atoms with Gasteiger partial charge in [-0.2, -0.15) is 0 Å². The Kier molecular flexibility index (Phi) is 2.36. The van der Waals surface area contributed by atoms with Gasteiger partial charge in [-0.05, 0) is 17.4 Å². The summed E-state index contributed by atoms with van der Waals surface area (Å²) in [6.45, 7) is 6.41. The quantitative estimate of drug-likeness (QED) is 0.706. The van der Waals surface area contributed by atoms with Crippen LogP contribution in [0.5, 0.6) is 0 Å². The van der Waals surface area contributed by atoms with Crippen molar-refractivity contribution in [1.29, 1.82) is 0 Å². The third kappa shape index (κ3) is 1.75. The Morgan fingerprint density at radius 3 is 3.23 bits per heavy atom. The van der Waals surface area contributed by atoms with E-state index in [1.807, 2.05) is 17.6 Å². The van der Waals surface area contributed by atoms with Crippen LogP contribution < -0.4 is 4.90 Å². The zero-order valence-corrected chi connectivity index (χ0v) is 8.84. The summed E-state index contributed by atoms with van der Waals surface area (Å²) in [4.78, 5) is 6.68. The molecule has 2 rings (SSSR count). The lowest BCUT2D eigenvalue weighted by Crippen LogP contribution is -2.29. The van der Waals surface area contributed by atoms with Crippen LogP contribution in [0.1, 0.15) is 19.4 Å². The minimum atomic E-state index is 0.697. The van der Waals surface area contributed by atoms with E-state index in [9.17, 15) is 0 Å². The molecule has 13 heavy (non-hydrogen) atoms. The van der Waals surface area contributed by atoms with Crippen LogP contribution in [0.3, 0.4) is 0 Å². The fraction of sp³-hybridized carbons (Fsp3) is 0.500. The number of fused-ring (bicyclic) bond motifs is 1. The molecule has 2 heterocycles. The molecule has 0 amide bonds. The second-order valence-electron chi connectivity index (χ2n) is 3.75. The van der Waals surface area contributed by atoms with Gasteiger partial charge in [-0.1, -0.05) is 13.8 Å². The molecular formula is C10H14N2S. The summed E-state index contributed by atoms with van der Waals surface area (Å²) in [6.07, 6.45) is 1.97. The zero-order valence-electron chi connectivity index (χ0n) is 8.03. The highest BCUT2D eigenvalue weighted by molar-refractivity contribution is 7.14. The van der Waals surface area contributed by atoms with Crippen molar-refractivity contribution < 1.29 is 0 Å². The van der Waals surface area contributed by atoms with Crippen molar-refractivity contribution in [2.75, 3.05) is 18.1 Å². The second kappa shape index (κ2) is 3.50. The molecule has 0 aliphatic carbocycles. The lowest BCUT2D eigenvalue weighted by molar-refractivity contribution is 0.616. The van der Waals surface area contributed by atoms with Gasteiger partial charge in [0.2, 0.25) is 0 Å². The summed E-state index contributed by atoms with van der Waals surface area (Å²) < 4.78 is 0. The molecule has 1 aromatic rings. The predicted molar refractivity (Wildman–Crippen MR) is 59.0 cm³/mol. The Morgan fingerprint density at radius 1 is 1.62 bits per heavy atom. The molecule has 1 aliphatic heterocycles. The van der Waals surface area contributed by atoms with E-state index in [-0.39, 0.29) is 0 Å². The largest absolute Gasteiger partial charge is 0.343 e. The summed E-state index contributed by atoms with van der Waals surface area (Å²) in [7, 11) is 0. The van der Waals surface area contributed by atoms with Gasteiger partial charge >= 0.3 is 0 Å². The number of hydrogen-bond acceptors (Lipinski definition) is 3. The summed E-state index contributed by atoms with van der Waals surface area (Å²) >= 11 is 1.81. The molecule has 0 fully saturated rings.